The van der Waals surface area contributed by atoms with Crippen molar-refractivity contribution in [2.45, 2.75) is 38.5 Å². The molecule has 2 rings (SSSR count). The topological polar surface area (TPSA) is 0 Å². The second kappa shape index (κ2) is 3.30. The highest BCUT2D eigenvalue weighted by molar-refractivity contribution is 5.28. The van der Waals surface area contributed by atoms with Gasteiger partial charge in [-0.3, -0.25) is 0 Å². The lowest BCUT2D eigenvalue weighted by Gasteiger charge is -2.01. The lowest BCUT2D eigenvalue weighted by Crippen LogP contribution is -1.85. The molecule has 0 heteroatoms. The van der Waals surface area contributed by atoms with Gasteiger partial charge in [-0.15, -0.1) is 0 Å². The van der Waals surface area contributed by atoms with Crippen molar-refractivity contribution in [2.75, 3.05) is 0 Å². The van der Waals surface area contributed by atoms with Gasteiger partial charge in [-0.1, -0.05) is 31.5 Å². The molecule has 0 nitrogen and oxygen atoms in total. The van der Waals surface area contributed by atoms with E-state index >= 15 is 0 Å². The largest absolute Gasteiger partial charge is 0.0651 e. The first-order valence-corrected chi connectivity index (χ1v) is 4.90. The van der Waals surface area contributed by atoms with Crippen molar-refractivity contribution >= 4 is 0 Å². The minimum atomic E-state index is 0.873. The Morgan fingerprint density at radius 3 is 2.92 bits per heavy atom. The molecule has 0 atom stereocenters. The van der Waals surface area contributed by atoms with E-state index in [0.717, 1.165) is 5.92 Å². The molecular weight excluding hydrogens is 144 g/mol. The number of benzene rings is 1. The first-order chi connectivity index (χ1) is 5.90. The molecule has 1 aliphatic rings. The Bertz CT molecular complexity index is 258. The van der Waals surface area contributed by atoms with E-state index < -0.39 is 0 Å². The molecule has 0 heterocycles. The number of hydrogen-bond acceptors (Lipinski definition) is 0. The Labute approximate surface area is 74.6 Å². The van der Waals surface area contributed by atoms with Crippen LogP contribution in [0.15, 0.2) is 18.2 Å². The van der Waals surface area contributed by atoms with Gasteiger partial charge in [-0.2, -0.15) is 0 Å². The molecular formula is C12H15. The van der Waals surface area contributed by atoms with Gasteiger partial charge in [0.2, 0.25) is 0 Å². The van der Waals surface area contributed by atoms with Gasteiger partial charge in [0.05, 0.1) is 0 Å². The first kappa shape index (κ1) is 7.85. The van der Waals surface area contributed by atoms with Crippen molar-refractivity contribution in [3.63, 3.8) is 0 Å². The third-order valence-corrected chi connectivity index (χ3v) is 2.46. The molecule has 0 aliphatic heterocycles. The van der Waals surface area contributed by atoms with Crippen molar-refractivity contribution in [1.82, 2.24) is 0 Å². The highest BCUT2D eigenvalue weighted by atomic mass is 14.3. The van der Waals surface area contributed by atoms with Gasteiger partial charge < -0.3 is 0 Å². The molecule has 63 valence electrons. The predicted molar refractivity (Wildman–Crippen MR) is 51.2 cm³/mol. The van der Waals surface area contributed by atoms with Gasteiger partial charge in [0.15, 0.2) is 0 Å². The molecule has 0 N–H and O–H groups in total. The first-order valence-electron chi connectivity index (χ1n) is 4.90. The summed E-state index contributed by atoms with van der Waals surface area (Å²) in [6.07, 6.45) is 5.23. The fourth-order valence-corrected chi connectivity index (χ4v) is 1.63. The van der Waals surface area contributed by atoms with Gasteiger partial charge in [-0.05, 0) is 42.4 Å². The van der Waals surface area contributed by atoms with Crippen LogP contribution in [-0.2, 0) is 6.42 Å². The van der Waals surface area contributed by atoms with Crippen LogP contribution in [0.25, 0.3) is 0 Å². The zero-order valence-corrected chi connectivity index (χ0v) is 7.64. The Hall–Kier alpha value is -0.780. The molecule has 1 fully saturated rings. The summed E-state index contributed by atoms with van der Waals surface area (Å²) in [7, 11) is 0. The molecule has 1 radical (unpaired) electrons. The summed E-state index contributed by atoms with van der Waals surface area (Å²) in [6, 6.07) is 9.86. The van der Waals surface area contributed by atoms with E-state index in [-0.39, 0.29) is 0 Å². The fourth-order valence-electron chi connectivity index (χ4n) is 1.63. The van der Waals surface area contributed by atoms with Crippen LogP contribution in [0.5, 0.6) is 0 Å². The number of aryl methyl sites for hydroxylation is 1. The van der Waals surface area contributed by atoms with Crippen molar-refractivity contribution in [1.29, 1.82) is 0 Å². The average molecular weight is 159 g/mol. The summed E-state index contributed by atoms with van der Waals surface area (Å²) in [5, 5.41) is 0. The second-order valence-corrected chi connectivity index (χ2v) is 3.70. The minimum absolute atomic E-state index is 0.873. The van der Waals surface area contributed by atoms with Crippen molar-refractivity contribution in [2.24, 2.45) is 0 Å². The van der Waals surface area contributed by atoms with E-state index in [1.807, 2.05) is 0 Å². The van der Waals surface area contributed by atoms with E-state index in [9.17, 15) is 0 Å². The van der Waals surface area contributed by atoms with Crippen LogP contribution in [0.2, 0.25) is 0 Å². The van der Waals surface area contributed by atoms with E-state index in [2.05, 4.69) is 31.2 Å². The molecule has 0 unspecified atom stereocenters. The summed E-state index contributed by atoms with van der Waals surface area (Å²) in [5.41, 5.74) is 2.97. The van der Waals surface area contributed by atoms with Crippen LogP contribution in [0.1, 0.15) is 43.2 Å². The summed E-state index contributed by atoms with van der Waals surface area (Å²) in [4.78, 5) is 0. The zero-order chi connectivity index (χ0) is 8.39. The lowest BCUT2D eigenvalue weighted by molar-refractivity contribution is 0.916. The van der Waals surface area contributed by atoms with Crippen LogP contribution in [-0.4, -0.2) is 0 Å². The molecule has 0 saturated heterocycles. The summed E-state index contributed by atoms with van der Waals surface area (Å²) in [5.74, 6) is 0.873. The molecule has 12 heavy (non-hydrogen) atoms. The Balaban J connectivity index is 2.15. The summed E-state index contributed by atoms with van der Waals surface area (Å²) >= 11 is 0. The summed E-state index contributed by atoms with van der Waals surface area (Å²) < 4.78 is 0. The maximum absolute atomic E-state index is 3.24. The molecule has 1 aliphatic carbocycles. The van der Waals surface area contributed by atoms with Crippen LogP contribution in [0.3, 0.4) is 0 Å². The SMILES string of the molecule is CCCc1c[c]cc(C2CC2)c1. The lowest BCUT2D eigenvalue weighted by atomic mass is 10.0. The Morgan fingerprint density at radius 1 is 1.42 bits per heavy atom. The predicted octanol–water partition coefficient (Wildman–Crippen LogP) is 3.32. The van der Waals surface area contributed by atoms with Gasteiger partial charge in [-0.25, -0.2) is 0 Å². The summed E-state index contributed by atoms with van der Waals surface area (Å²) in [6.45, 7) is 2.23. The highest BCUT2D eigenvalue weighted by Gasteiger charge is 2.23. The van der Waals surface area contributed by atoms with Crippen LogP contribution in [0, 0.1) is 6.07 Å². The van der Waals surface area contributed by atoms with Crippen molar-refractivity contribution in [3.8, 4) is 0 Å². The third kappa shape index (κ3) is 1.69. The Morgan fingerprint density at radius 2 is 2.25 bits per heavy atom. The Kier molecular flexibility index (Phi) is 2.16. The smallest absolute Gasteiger partial charge is 0.0161 e. The van der Waals surface area contributed by atoms with Gasteiger partial charge in [0.25, 0.3) is 0 Å². The van der Waals surface area contributed by atoms with Crippen molar-refractivity contribution in [3.05, 3.63) is 35.4 Å². The third-order valence-electron chi connectivity index (χ3n) is 2.46. The molecule has 1 saturated carbocycles. The second-order valence-electron chi connectivity index (χ2n) is 3.70. The molecule has 0 aromatic heterocycles. The van der Waals surface area contributed by atoms with E-state index in [4.69, 9.17) is 0 Å². The standard InChI is InChI=1S/C12H15/c1-2-4-10-5-3-6-12(9-10)11-7-8-11/h5-6,9,11H,2,4,7-8H2,1H3. The number of rotatable bonds is 3. The molecule has 0 amide bonds. The zero-order valence-electron chi connectivity index (χ0n) is 7.64. The number of hydrogen-bond donors (Lipinski definition) is 0. The molecule has 0 spiro atoms. The maximum atomic E-state index is 3.24. The monoisotopic (exact) mass is 159 g/mol. The minimum Gasteiger partial charge on any atom is -0.0651 e. The highest BCUT2D eigenvalue weighted by Crippen LogP contribution is 2.40. The molecule has 1 aromatic rings. The van der Waals surface area contributed by atoms with Gasteiger partial charge >= 0.3 is 0 Å². The molecule has 0 bridgehead atoms. The quantitative estimate of drug-likeness (QED) is 0.634. The van der Waals surface area contributed by atoms with E-state index in [0.29, 0.717) is 0 Å². The van der Waals surface area contributed by atoms with Crippen LogP contribution in [0.4, 0.5) is 0 Å². The van der Waals surface area contributed by atoms with E-state index in [1.165, 1.54) is 36.8 Å². The molecule has 1 aromatic carbocycles. The normalized spacial score (nSPS) is 16.4. The van der Waals surface area contributed by atoms with E-state index in [1.54, 1.807) is 0 Å². The van der Waals surface area contributed by atoms with Gasteiger partial charge in [0.1, 0.15) is 0 Å². The average Bonchev–Trinajstić information content (AvgIpc) is 2.88. The fraction of sp³-hybridized carbons (Fsp3) is 0.500. The van der Waals surface area contributed by atoms with Crippen LogP contribution < -0.4 is 0 Å². The van der Waals surface area contributed by atoms with Gasteiger partial charge in [0, 0.05) is 0 Å². The van der Waals surface area contributed by atoms with Crippen LogP contribution >= 0.6 is 0 Å². The van der Waals surface area contributed by atoms with Crippen molar-refractivity contribution < 1.29 is 0 Å². The maximum Gasteiger partial charge on any atom is -0.0161 e.